The molecule has 1 aliphatic heterocycles. The van der Waals surface area contributed by atoms with E-state index in [0.717, 1.165) is 19.6 Å². The normalized spacial score (nSPS) is 17.2. The molecule has 0 atom stereocenters. The van der Waals surface area contributed by atoms with Crippen molar-refractivity contribution in [3.63, 3.8) is 0 Å². The van der Waals surface area contributed by atoms with Gasteiger partial charge in [0.2, 0.25) is 0 Å². The van der Waals surface area contributed by atoms with Crippen LogP contribution in [0.25, 0.3) is 0 Å². The van der Waals surface area contributed by atoms with Crippen LogP contribution in [0.3, 0.4) is 0 Å². The molecule has 9 heteroatoms. The summed E-state index contributed by atoms with van der Waals surface area (Å²) >= 11 is 0. The van der Waals surface area contributed by atoms with Gasteiger partial charge >= 0.3 is 0 Å². The van der Waals surface area contributed by atoms with E-state index in [1.807, 2.05) is 26.6 Å². The zero-order valence-electron chi connectivity index (χ0n) is 15.1. The number of hydrogen-bond acceptors (Lipinski definition) is 9. The largest absolute Gasteiger partial charge is 0.365 e. The third-order valence-electron chi connectivity index (χ3n) is 4.12. The Balaban J connectivity index is 2.82. The number of nitrogens with two attached hydrogens (primary N) is 1. The number of carbonyl (C=O) groups excluding carboxylic acids is 3. The fourth-order valence-electron chi connectivity index (χ4n) is 2.61. The summed E-state index contributed by atoms with van der Waals surface area (Å²) in [5.74, 6) is 5.44. The number of nitrogens with one attached hydrogen (secondary N) is 1. The van der Waals surface area contributed by atoms with E-state index in [9.17, 15) is 14.4 Å². The van der Waals surface area contributed by atoms with E-state index in [2.05, 4.69) is 10.2 Å². The lowest BCUT2D eigenvalue weighted by atomic mass is 10.3. The van der Waals surface area contributed by atoms with Crippen LogP contribution >= 0.6 is 0 Å². The van der Waals surface area contributed by atoms with Crippen LogP contribution in [0.5, 0.6) is 0 Å². The van der Waals surface area contributed by atoms with Crippen molar-refractivity contribution in [2.75, 3.05) is 72.1 Å². The minimum atomic E-state index is 0.563. The summed E-state index contributed by atoms with van der Waals surface area (Å²) in [5.41, 5.74) is 5.52. The standard InChI is InChI=1S/C17H28N6O3/c18-1-2-19-17-23-9-7-21(12-15-25)5-3-20(11-14-24)4-6-22(8-10-23)13-16-26/h11-13,19H,1-10,17-18H2. The Labute approximate surface area is 154 Å². The second kappa shape index (κ2) is 13.9. The maximum Gasteiger partial charge on any atom is 0.142 e. The first-order chi connectivity index (χ1) is 12.7. The molecule has 0 bridgehead atoms. The van der Waals surface area contributed by atoms with Crippen molar-refractivity contribution in [3.05, 3.63) is 18.6 Å². The molecule has 1 aliphatic rings. The van der Waals surface area contributed by atoms with Gasteiger partial charge in [-0.15, -0.1) is 0 Å². The van der Waals surface area contributed by atoms with E-state index < -0.39 is 0 Å². The topological polar surface area (TPSA) is 102 Å². The Hall–Kier alpha value is -2.37. The van der Waals surface area contributed by atoms with Crippen LogP contribution in [0.15, 0.2) is 18.6 Å². The van der Waals surface area contributed by atoms with Gasteiger partial charge < -0.3 is 25.8 Å². The highest BCUT2D eigenvalue weighted by molar-refractivity contribution is 5.45. The lowest BCUT2D eigenvalue weighted by Crippen LogP contribution is -2.45. The second-order valence-corrected chi connectivity index (χ2v) is 5.91. The predicted molar refractivity (Wildman–Crippen MR) is 99.0 cm³/mol. The summed E-state index contributed by atoms with van der Waals surface area (Å²) in [6.45, 7) is 7.04. The molecule has 0 unspecified atom stereocenters. The first-order valence-electron chi connectivity index (χ1n) is 8.71. The summed E-state index contributed by atoms with van der Waals surface area (Å²) in [5, 5.41) is 3.27. The monoisotopic (exact) mass is 364 g/mol. The third kappa shape index (κ3) is 9.20. The van der Waals surface area contributed by atoms with Crippen molar-refractivity contribution >= 4 is 17.8 Å². The van der Waals surface area contributed by atoms with Gasteiger partial charge in [0.15, 0.2) is 0 Å². The lowest BCUT2D eigenvalue weighted by molar-refractivity contribution is 0.181. The zero-order chi connectivity index (χ0) is 19.0. The maximum absolute atomic E-state index is 10.8. The minimum absolute atomic E-state index is 0.563. The highest BCUT2D eigenvalue weighted by atomic mass is 16.1. The molecule has 0 amide bonds. The predicted octanol–water partition coefficient (Wildman–Crippen LogP) is -2.25. The van der Waals surface area contributed by atoms with Gasteiger partial charge in [0.25, 0.3) is 0 Å². The molecule has 144 valence electrons. The van der Waals surface area contributed by atoms with Crippen LogP contribution in [0.2, 0.25) is 0 Å². The van der Waals surface area contributed by atoms with Crippen LogP contribution in [0.1, 0.15) is 0 Å². The van der Waals surface area contributed by atoms with Crippen molar-refractivity contribution in [2.24, 2.45) is 5.73 Å². The second-order valence-electron chi connectivity index (χ2n) is 5.91. The summed E-state index contributed by atoms with van der Waals surface area (Å²) < 4.78 is 0. The maximum atomic E-state index is 10.8. The average Bonchev–Trinajstić information content (AvgIpc) is 2.63. The van der Waals surface area contributed by atoms with Gasteiger partial charge in [-0.1, -0.05) is 0 Å². The van der Waals surface area contributed by atoms with Crippen molar-refractivity contribution in [3.8, 4) is 0 Å². The molecule has 0 radical (unpaired) electrons. The fourth-order valence-corrected chi connectivity index (χ4v) is 2.61. The molecule has 1 saturated heterocycles. The van der Waals surface area contributed by atoms with Gasteiger partial charge in [0.05, 0.1) is 18.6 Å². The smallest absolute Gasteiger partial charge is 0.142 e. The molecule has 0 aromatic rings. The SMILES string of the molecule is NCCNCN1CCN(C=C=O)CCN(C=C=O)CCN(C=C=O)CC1. The van der Waals surface area contributed by atoms with Gasteiger partial charge in [0, 0.05) is 72.1 Å². The molecule has 9 nitrogen and oxygen atoms in total. The van der Waals surface area contributed by atoms with Gasteiger partial charge in [-0.2, -0.15) is 0 Å². The summed E-state index contributed by atoms with van der Waals surface area (Å²) in [7, 11) is 0. The van der Waals surface area contributed by atoms with Gasteiger partial charge in [-0.05, 0) is 0 Å². The Kier molecular flexibility index (Phi) is 11.6. The number of rotatable bonds is 7. The first-order valence-corrected chi connectivity index (χ1v) is 8.71. The molecule has 0 aromatic carbocycles. The Bertz CT molecular complexity index is 505. The van der Waals surface area contributed by atoms with Gasteiger partial charge in [-0.3, -0.25) is 4.90 Å². The average molecular weight is 364 g/mol. The van der Waals surface area contributed by atoms with E-state index in [0.29, 0.717) is 52.5 Å². The molecule has 1 fully saturated rings. The molecule has 1 heterocycles. The molecule has 0 aromatic heterocycles. The van der Waals surface area contributed by atoms with E-state index in [1.54, 1.807) is 5.94 Å². The van der Waals surface area contributed by atoms with Crippen molar-refractivity contribution in [1.82, 2.24) is 24.9 Å². The van der Waals surface area contributed by atoms with E-state index in [-0.39, 0.29) is 0 Å². The summed E-state index contributed by atoms with van der Waals surface area (Å²) in [6, 6.07) is 0. The molecule has 0 saturated carbocycles. The van der Waals surface area contributed by atoms with E-state index in [4.69, 9.17) is 5.73 Å². The molecule has 0 aliphatic carbocycles. The summed E-state index contributed by atoms with van der Waals surface area (Å²) in [4.78, 5) is 40.1. The minimum Gasteiger partial charge on any atom is -0.365 e. The summed E-state index contributed by atoms with van der Waals surface area (Å²) in [6.07, 6.45) is 4.17. The molecular formula is C17H28N6O3. The number of nitrogens with zero attached hydrogens (tertiary/aromatic N) is 4. The fraction of sp³-hybridized carbons (Fsp3) is 0.647. The highest BCUT2D eigenvalue weighted by Crippen LogP contribution is 2.00. The van der Waals surface area contributed by atoms with E-state index >= 15 is 0 Å². The van der Waals surface area contributed by atoms with Crippen LogP contribution in [-0.4, -0.2) is 110 Å². The van der Waals surface area contributed by atoms with Gasteiger partial charge in [-0.25, -0.2) is 14.4 Å². The first kappa shape index (κ1) is 21.7. The Morgan fingerprint density at radius 2 is 1.12 bits per heavy atom. The zero-order valence-corrected chi connectivity index (χ0v) is 15.1. The van der Waals surface area contributed by atoms with E-state index in [1.165, 1.54) is 18.6 Å². The van der Waals surface area contributed by atoms with Crippen LogP contribution in [0, 0.1) is 0 Å². The van der Waals surface area contributed by atoms with Crippen LogP contribution in [0.4, 0.5) is 0 Å². The molecular weight excluding hydrogens is 336 g/mol. The molecule has 26 heavy (non-hydrogen) atoms. The van der Waals surface area contributed by atoms with Crippen molar-refractivity contribution in [2.45, 2.75) is 0 Å². The third-order valence-corrected chi connectivity index (χ3v) is 4.12. The molecule has 3 N–H and O–H groups in total. The Morgan fingerprint density at radius 3 is 1.46 bits per heavy atom. The van der Waals surface area contributed by atoms with Crippen molar-refractivity contribution in [1.29, 1.82) is 0 Å². The highest BCUT2D eigenvalue weighted by Gasteiger charge is 2.13. The van der Waals surface area contributed by atoms with Crippen LogP contribution in [-0.2, 0) is 14.4 Å². The molecule has 1 rings (SSSR count). The number of hydrogen-bond donors (Lipinski definition) is 2. The quantitative estimate of drug-likeness (QED) is 0.383. The Morgan fingerprint density at radius 1 is 0.731 bits per heavy atom. The van der Waals surface area contributed by atoms with Gasteiger partial charge in [0.1, 0.15) is 17.8 Å². The van der Waals surface area contributed by atoms with Crippen molar-refractivity contribution < 1.29 is 14.4 Å². The molecule has 0 spiro atoms. The lowest BCUT2D eigenvalue weighted by Gasteiger charge is -2.32. The van der Waals surface area contributed by atoms with Crippen LogP contribution < -0.4 is 11.1 Å².